The van der Waals surface area contributed by atoms with Crippen LogP contribution >= 0.6 is 0 Å². The van der Waals surface area contributed by atoms with Crippen molar-refractivity contribution in [2.75, 3.05) is 25.6 Å². The van der Waals surface area contributed by atoms with E-state index in [-0.39, 0.29) is 24.6 Å². The largest absolute Gasteiger partial charge is 0.396 e. The summed E-state index contributed by atoms with van der Waals surface area (Å²) in [5.41, 5.74) is 3.39. The monoisotopic (exact) mass is 303 g/mol. The summed E-state index contributed by atoms with van der Waals surface area (Å²) in [4.78, 5) is 14.0. The minimum Gasteiger partial charge on any atom is -0.396 e. The number of anilines is 1. The third-order valence-corrected chi connectivity index (χ3v) is 3.89. The molecular weight excluding hydrogens is 278 g/mol. The second-order valence-corrected chi connectivity index (χ2v) is 6.02. The van der Waals surface area contributed by atoms with E-state index in [1.54, 1.807) is 0 Å². The Labute approximate surface area is 132 Å². The van der Waals surface area contributed by atoms with E-state index >= 15 is 0 Å². The number of rotatable bonds is 5. The molecule has 0 saturated heterocycles. The minimum atomic E-state index is -0.182. The van der Waals surface area contributed by atoms with Gasteiger partial charge in [0.2, 0.25) is 0 Å². The maximum Gasteiger partial charge on any atom is 0.315 e. The van der Waals surface area contributed by atoms with Crippen molar-refractivity contribution in [2.45, 2.75) is 25.9 Å². The molecule has 0 heterocycles. The molecule has 120 valence electrons. The van der Waals surface area contributed by atoms with Crippen LogP contribution in [0, 0.1) is 12.8 Å². The van der Waals surface area contributed by atoms with Crippen LogP contribution in [0.5, 0.6) is 0 Å². The van der Waals surface area contributed by atoms with Crippen LogP contribution in [0.4, 0.5) is 10.5 Å². The standard InChI is InChI=1S/C17H25N3O2/c1-12-4-6-14(16(8-12)20(2)3)10-18-17(22)19-15-7-5-13(9-15)11-21/h4-8,13,15,21H,9-11H2,1-3H3,(H2,18,19,22)/t13-,15+/m0/s1. The summed E-state index contributed by atoms with van der Waals surface area (Å²) >= 11 is 0. The van der Waals surface area contributed by atoms with Crippen LogP contribution in [-0.4, -0.2) is 37.9 Å². The van der Waals surface area contributed by atoms with Gasteiger partial charge in [-0.1, -0.05) is 24.3 Å². The van der Waals surface area contributed by atoms with Gasteiger partial charge in [0.1, 0.15) is 0 Å². The Bertz CT molecular complexity index is 555. The Hall–Kier alpha value is -2.01. The smallest absolute Gasteiger partial charge is 0.315 e. The van der Waals surface area contributed by atoms with Crippen LogP contribution in [0.1, 0.15) is 17.5 Å². The first-order valence-corrected chi connectivity index (χ1v) is 7.60. The van der Waals surface area contributed by atoms with Crippen LogP contribution in [0.15, 0.2) is 30.4 Å². The van der Waals surface area contributed by atoms with Crippen molar-refractivity contribution < 1.29 is 9.90 Å². The maximum atomic E-state index is 12.0. The van der Waals surface area contributed by atoms with Crippen molar-refractivity contribution in [3.05, 3.63) is 41.5 Å². The SMILES string of the molecule is Cc1ccc(CNC(=O)N[C@@H]2C=C[C@H](CO)C2)c(N(C)C)c1. The summed E-state index contributed by atoms with van der Waals surface area (Å²) in [6.07, 6.45) is 4.66. The Kier molecular flexibility index (Phi) is 5.44. The zero-order chi connectivity index (χ0) is 16.1. The number of hydrogen-bond donors (Lipinski definition) is 3. The number of carbonyl (C=O) groups excluding carboxylic acids is 1. The Morgan fingerprint density at radius 2 is 2.14 bits per heavy atom. The third kappa shape index (κ3) is 4.24. The van der Waals surface area contributed by atoms with Gasteiger partial charge < -0.3 is 20.6 Å². The highest BCUT2D eigenvalue weighted by Crippen LogP contribution is 2.20. The van der Waals surface area contributed by atoms with Gasteiger partial charge in [-0.3, -0.25) is 0 Å². The lowest BCUT2D eigenvalue weighted by Gasteiger charge is -2.19. The number of aliphatic hydroxyl groups is 1. The lowest BCUT2D eigenvalue weighted by atomic mass is 10.1. The lowest BCUT2D eigenvalue weighted by molar-refractivity contribution is 0.231. The summed E-state index contributed by atoms with van der Waals surface area (Å²) in [6, 6.07) is 6.03. The van der Waals surface area contributed by atoms with Gasteiger partial charge in [0, 0.05) is 44.9 Å². The summed E-state index contributed by atoms with van der Waals surface area (Å²) in [5, 5.41) is 14.9. The normalized spacial score (nSPS) is 20.0. The lowest BCUT2D eigenvalue weighted by Crippen LogP contribution is -2.40. The van der Waals surface area contributed by atoms with Crippen molar-refractivity contribution in [1.82, 2.24) is 10.6 Å². The summed E-state index contributed by atoms with van der Waals surface area (Å²) in [5.74, 6) is 0.155. The molecule has 2 rings (SSSR count). The molecule has 1 aliphatic carbocycles. The van der Waals surface area contributed by atoms with Gasteiger partial charge in [-0.2, -0.15) is 0 Å². The van der Waals surface area contributed by atoms with Gasteiger partial charge in [0.15, 0.2) is 0 Å². The van der Waals surface area contributed by atoms with Crippen LogP contribution in [0.25, 0.3) is 0 Å². The van der Waals surface area contributed by atoms with Gasteiger partial charge >= 0.3 is 6.03 Å². The fraction of sp³-hybridized carbons (Fsp3) is 0.471. The van der Waals surface area contributed by atoms with Crippen molar-refractivity contribution in [2.24, 2.45) is 5.92 Å². The Morgan fingerprint density at radius 1 is 1.36 bits per heavy atom. The fourth-order valence-corrected chi connectivity index (χ4v) is 2.65. The molecule has 1 aliphatic rings. The van der Waals surface area contributed by atoms with E-state index in [1.165, 1.54) is 5.56 Å². The van der Waals surface area contributed by atoms with E-state index in [2.05, 4.69) is 23.6 Å². The first-order valence-electron chi connectivity index (χ1n) is 7.60. The number of carbonyl (C=O) groups is 1. The molecule has 0 aliphatic heterocycles. The molecule has 0 aromatic heterocycles. The van der Waals surface area contributed by atoms with Gasteiger partial charge in [-0.05, 0) is 30.5 Å². The molecule has 5 nitrogen and oxygen atoms in total. The predicted octanol–water partition coefficient (Wildman–Crippen LogP) is 1.80. The second kappa shape index (κ2) is 7.31. The van der Waals surface area contributed by atoms with Gasteiger partial charge in [0.25, 0.3) is 0 Å². The molecule has 1 aromatic carbocycles. The summed E-state index contributed by atoms with van der Waals surface area (Å²) in [7, 11) is 3.99. The van der Waals surface area contributed by atoms with Crippen molar-refractivity contribution in [3.8, 4) is 0 Å². The molecule has 0 bridgehead atoms. The number of aryl methyl sites for hydroxylation is 1. The van der Waals surface area contributed by atoms with Crippen LogP contribution in [0.3, 0.4) is 0 Å². The van der Waals surface area contributed by atoms with Crippen molar-refractivity contribution in [3.63, 3.8) is 0 Å². The predicted molar refractivity (Wildman–Crippen MR) is 89.0 cm³/mol. The molecule has 5 heteroatoms. The highest BCUT2D eigenvalue weighted by atomic mass is 16.3. The van der Waals surface area contributed by atoms with E-state index in [4.69, 9.17) is 5.11 Å². The Morgan fingerprint density at radius 3 is 2.77 bits per heavy atom. The first-order chi connectivity index (χ1) is 10.5. The molecule has 3 N–H and O–H groups in total. The van der Waals surface area contributed by atoms with Gasteiger partial charge in [-0.25, -0.2) is 4.79 Å². The zero-order valence-electron chi connectivity index (χ0n) is 13.5. The number of hydrogen-bond acceptors (Lipinski definition) is 3. The fourth-order valence-electron chi connectivity index (χ4n) is 2.65. The molecule has 0 spiro atoms. The molecule has 0 saturated carbocycles. The van der Waals surface area contributed by atoms with Crippen molar-refractivity contribution in [1.29, 1.82) is 0 Å². The number of nitrogens with one attached hydrogen (secondary N) is 2. The van der Waals surface area contributed by atoms with Crippen LogP contribution in [0.2, 0.25) is 0 Å². The molecular formula is C17H25N3O2. The highest BCUT2D eigenvalue weighted by molar-refractivity contribution is 5.75. The summed E-state index contributed by atoms with van der Waals surface area (Å²) in [6.45, 7) is 2.67. The number of urea groups is 1. The van der Waals surface area contributed by atoms with E-state index < -0.39 is 0 Å². The number of nitrogens with zero attached hydrogens (tertiary/aromatic N) is 1. The summed E-state index contributed by atoms with van der Waals surface area (Å²) < 4.78 is 0. The quantitative estimate of drug-likeness (QED) is 0.727. The van der Waals surface area contributed by atoms with E-state index in [0.717, 1.165) is 17.7 Å². The Balaban J connectivity index is 1.88. The molecule has 0 unspecified atom stereocenters. The van der Waals surface area contributed by atoms with E-state index in [0.29, 0.717) is 6.54 Å². The number of amides is 2. The van der Waals surface area contributed by atoms with Gasteiger partial charge in [0.05, 0.1) is 0 Å². The average molecular weight is 303 g/mol. The topological polar surface area (TPSA) is 64.6 Å². The molecule has 0 radical (unpaired) electrons. The third-order valence-electron chi connectivity index (χ3n) is 3.89. The van der Waals surface area contributed by atoms with E-state index in [1.807, 2.05) is 43.3 Å². The minimum absolute atomic E-state index is 0.00323. The molecule has 1 aromatic rings. The van der Waals surface area contributed by atoms with Crippen LogP contribution < -0.4 is 15.5 Å². The molecule has 2 atom stereocenters. The van der Waals surface area contributed by atoms with E-state index in [9.17, 15) is 4.79 Å². The first kappa shape index (κ1) is 16.4. The maximum absolute atomic E-state index is 12.0. The highest BCUT2D eigenvalue weighted by Gasteiger charge is 2.19. The van der Waals surface area contributed by atoms with Crippen LogP contribution in [-0.2, 0) is 6.54 Å². The van der Waals surface area contributed by atoms with Crippen molar-refractivity contribution >= 4 is 11.7 Å². The van der Waals surface area contributed by atoms with Gasteiger partial charge in [-0.15, -0.1) is 0 Å². The number of aliphatic hydroxyl groups excluding tert-OH is 1. The molecule has 2 amide bonds. The zero-order valence-corrected chi connectivity index (χ0v) is 13.5. The molecule has 0 fully saturated rings. The number of benzene rings is 1. The second-order valence-electron chi connectivity index (χ2n) is 6.02. The average Bonchev–Trinajstić information content (AvgIpc) is 2.93. The molecule has 22 heavy (non-hydrogen) atoms.